The van der Waals surface area contributed by atoms with Crippen molar-refractivity contribution in [3.63, 3.8) is 0 Å². The fraction of sp³-hybridized carbons (Fsp3) is 0.235. The molecule has 6 nitrogen and oxygen atoms in total. The Labute approximate surface area is 134 Å². The lowest BCUT2D eigenvalue weighted by Gasteiger charge is -2.08. The molecule has 0 aliphatic heterocycles. The van der Waals surface area contributed by atoms with Crippen molar-refractivity contribution in [2.75, 3.05) is 6.54 Å². The average molecular weight is 310 g/mol. The van der Waals surface area contributed by atoms with Gasteiger partial charge in [-0.05, 0) is 25.5 Å². The number of hydrogen-bond donors (Lipinski definition) is 1. The highest BCUT2D eigenvalue weighted by molar-refractivity contribution is 5.93. The minimum absolute atomic E-state index is 0.169. The number of imidazole rings is 1. The first-order valence-corrected chi connectivity index (χ1v) is 7.54. The molecule has 0 unspecified atom stereocenters. The zero-order chi connectivity index (χ0) is 16.2. The van der Waals surface area contributed by atoms with Crippen LogP contribution in [-0.2, 0) is 6.54 Å². The molecule has 23 heavy (non-hydrogen) atoms. The summed E-state index contributed by atoms with van der Waals surface area (Å²) in [6, 6.07) is 11.0. The second-order valence-electron chi connectivity index (χ2n) is 5.36. The number of amides is 1. The molecule has 2 aromatic heterocycles. The van der Waals surface area contributed by atoms with Gasteiger partial charge in [0.2, 0.25) is 0 Å². The van der Waals surface area contributed by atoms with Crippen LogP contribution in [0.4, 0.5) is 0 Å². The van der Waals surface area contributed by atoms with E-state index in [1.807, 2.05) is 25.1 Å². The Bertz CT molecular complexity index is 824. The average Bonchev–Trinajstić information content (AvgIpc) is 2.87. The molecule has 0 aliphatic rings. The van der Waals surface area contributed by atoms with E-state index in [0.29, 0.717) is 16.8 Å². The molecule has 0 atom stereocenters. The summed E-state index contributed by atoms with van der Waals surface area (Å²) in [7, 11) is 0. The molecule has 3 aromatic rings. The standard InChI is InChI=1S/C17H18N4O2/c1-13-19-15-5-2-3-6-16(15)21(13)10-4-9-18-17(22)14-7-11-20(23)12-8-14/h2-3,5-8,11-12H,4,9-10H2,1H3,(H,18,22). The highest BCUT2D eigenvalue weighted by atomic mass is 16.5. The molecule has 0 fully saturated rings. The number of rotatable bonds is 5. The van der Waals surface area contributed by atoms with Crippen molar-refractivity contribution >= 4 is 16.9 Å². The van der Waals surface area contributed by atoms with Gasteiger partial charge in [0, 0.05) is 25.2 Å². The van der Waals surface area contributed by atoms with Crippen molar-refractivity contribution in [3.05, 3.63) is 65.4 Å². The number of para-hydroxylation sites is 2. The summed E-state index contributed by atoms with van der Waals surface area (Å²) in [4.78, 5) is 16.5. The summed E-state index contributed by atoms with van der Waals surface area (Å²) in [6.07, 6.45) is 3.44. The third-order valence-electron chi connectivity index (χ3n) is 3.75. The van der Waals surface area contributed by atoms with E-state index in [9.17, 15) is 10.0 Å². The first kappa shape index (κ1) is 15.0. The molecular weight excluding hydrogens is 292 g/mol. The van der Waals surface area contributed by atoms with Gasteiger partial charge in [-0.25, -0.2) is 4.98 Å². The number of carbonyl (C=O) groups excluding carboxylic acids is 1. The Balaban J connectivity index is 1.56. The number of aromatic nitrogens is 3. The van der Waals surface area contributed by atoms with Crippen molar-refractivity contribution in [1.29, 1.82) is 0 Å². The van der Waals surface area contributed by atoms with Crippen molar-refractivity contribution in [3.8, 4) is 0 Å². The molecule has 0 bridgehead atoms. The van der Waals surface area contributed by atoms with Gasteiger partial charge in [0.1, 0.15) is 5.82 Å². The van der Waals surface area contributed by atoms with Gasteiger partial charge >= 0.3 is 0 Å². The second kappa shape index (κ2) is 6.48. The Morgan fingerprint density at radius 3 is 2.78 bits per heavy atom. The third kappa shape index (κ3) is 3.31. The monoisotopic (exact) mass is 310 g/mol. The summed E-state index contributed by atoms with van der Waals surface area (Å²) in [5.41, 5.74) is 2.59. The first-order chi connectivity index (χ1) is 11.1. The van der Waals surface area contributed by atoms with Crippen LogP contribution in [0.3, 0.4) is 0 Å². The first-order valence-electron chi connectivity index (χ1n) is 7.54. The molecule has 6 heteroatoms. The maximum Gasteiger partial charge on any atom is 0.251 e. The van der Waals surface area contributed by atoms with Crippen LogP contribution in [0, 0.1) is 12.1 Å². The number of fused-ring (bicyclic) bond motifs is 1. The molecule has 1 aromatic carbocycles. The van der Waals surface area contributed by atoms with Gasteiger partial charge in [-0.3, -0.25) is 4.79 Å². The lowest BCUT2D eigenvalue weighted by molar-refractivity contribution is -0.605. The molecule has 0 saturated heterocycles. The lowest BCUT2D eigenvalue weighted by atomic mass is 10.2. The molecule has 0 spiro atoms. The van der Waals surface area contributed by atoms with E-state index in [1.54, 1.807) is 0 Å². The summed E-state index contributed by atoms with van der Waals surface area (Å²) in [5, 5.41) is 13.8. The minimum Gasteiger partial charge on any atom is -0.619 e. The zero-order valence-corrected chi connectivity index (χ0v) is 12.9. The van der Waals surface area contributed by atoms with E-state index in [-0.39, 0.29) is 5.91 Å². The van der Waals surface area contributed by atoms with Crippen molar-refractivity contribution in [2.24, 2.45) is 0 Å². The fourth-order valence-electron chi connectivity index (χ4n) is 2.58. The highest BCUT2D eigenvalue weighted by Gasteiger charge is 2.08. The van der Waals surface area contributed by atoms with Gasteiger partial charge in [-0.15, -0.1) is 0 Å². The Kier molecular flexibility index (Phi) is 4.23. The number of hydrogen-bond acceptors (Lipinski definition) is 3. The van der Waals surface area contributed by atoms with Crippen LogP contribution in [0.2, 0.25) is 0 Å². The molecule has 1 amide bonds. The Morgan fingerprint density at radius 1 is 1.26 bits per heavy atom. The fourth-order valence-corrected chi connectivity index (χ4v) is 2.58. The van der Waals surface area contributed by atoms with Crippen LogP contribution in [0.15, 0.2) is 48.8 Å². The van der Waals surface area contributed by atoms with Crippen LogP contribution in [0.1, 0.15) is 22.6 Å². The summed E-state index contributed by atoms with van der Waals surface area (Å²) >= 11 is 0. The van der Waals surface area contributed by atoms with Crippen LogP contribution >= 0.6 is 0 Å². The number of carbonyl (C=O) groups is 1. The lowest BCUT2D eigenvalue weighted by Crippen LogP contribution is -2.28. The van der Waals surface area contributed by atoms with Crippen LogP contribution in [0.25, 0.3) is 11.0 Å². The van der Waals surface area contributed by atoms with Crippen molar-refractivity contribution in [1.82, 2.24) is 14.9 Å². The smallest absolute Gasteiger partial charge is 0.251 e. The molecule has 2 heterocycles. The molecule has 118 valence electrons. The van der Waals surface area contributed by atoms with Gasteiger partial charge in [-0.1, -0.05) is 12.1 Å². The normalized spacial score (nSPS) is 10.8. The quantitative estimate of drug-likeness (QED) is 0.443. The Morgan fingerprint density at radius 2 is 2.00 bits per heavy atom. The van der Waals surface area contributed by atoms with E-state index in [4.69, 9.17) is 0 Å². The molecule has 3 rings (SSSR count). The molecule has 1 N–H and O–H groups in total. The van der Waals surface area contributed by atoms with Crippen molar-refractivity contribution in [2.45, 2.75) is 19.9 Å². The summed E-state index contributed by atoms with van der Waals surface area (Å²) in [5.74, 6) is 0.804. The number of aryl methyl sites for hydroxylation is 2. The second-order valence-corrected chi connectivity index (χ2v) is 5.36. The molecule has 0 aliphatic carbocycles. The molecule has 0 saturated carbocycles. The number of pyridine rings is 1. The number of benzene rings is 1. The largest absolute Gasteiger partial charge is 0.619 e. The van der Waals surface area contributed by atoms with Gasteiger partial charge in [-0.2, -0.15) is 4.73 Å². The van der Waals surface area contributed by atoms with Crippen LogP contribution in [0.5, 0.6) is 0 Å². The number of nitrogens with one attached hydrogen (secondary N) is 1. The Hall–Kier alpha value is -2.89. The van der Waals surface area contributed by atoms with Gasteiger partial charge < -0.3 is 15.1 Å². The maximum absolute atomic E-state index is 12.0. The summed E-state index contributed by atoms with van der Waals surface area (Å²) in [6.45, 7) is 3.35. The van der Waals surface area contributed by atoms with Crippen LogP contribution in [-0.4, -0.2) is 22.0 Å². The highest BCUT2D eigenvalue weighted by Crippen LogP contribution is 2.15. The zero-order valence-electron chi connectivity index (χ0n) is 12.9. The summed E-state index contributed by atoms with van der Waals surface area (Å²) < 4.78 is 2.81. The van der Waals surface area contributed by atoms with Gasteiger partial charge in [0.05, 0.1) is 16.6 Å². The molecular formula is C17H18N4O2. The predicted octanol–water partition coefficient (Wildman–Crippen LogP) is 1.80. The van der Waals surface area contributed by atoms with E-state index < -0.39 is 0 Å². The van der Waals surface area contributed by atoms with E-state index in [0.717, 1.165) is 29.8 Å². The van der Waals surface area contributed by atoms with E-state index in [1.165, 1.54) is 24.5 Å². The SMILES string of the molecule is Cc1nc2ccccc2n1CCCNC(=O)c1cc[n+]([O-])cc1. The van der Waals surface area contributed by atoms with Gasteiger partial charge in [0.15, 0.2) is 12.4 Å². The molecule has 0 radical (unpaired) electrons. The topological polar surface area (TPSA) is 73.9 Å². The maximum atomic E-state index is 12.0. The van der Waals surface area contributed by atoms with E-state index in [2.05, 4.69) is 20.9 Å². The van der Waals surface area contributed by atoms with Crippen molar-refractivity contribution < 1.29 is 9.52 Å². The van der Waals surface area contributed by atoms with Gasteiger partial charge in [0.25, 0.3) is 5.91 Å². The van der Waals surface area contributed by atoms with E-state index >= 15 is 0 Å². The third-order valence-corrected chi connectivity index (χ3v) is 3.75. The minimum atomic E-state index is -0.169. The predicted molar refractivity (Wildman–Crippen MR) is 86.8 cm³/mol. The van der Waals surface area contributed by atoms with Crippen LogP contribution < -0.4 is 10.0 Å². The number of nitrogens with zero attached hydrogens (tertiary/aromatic N) is 3.